The Morgan fingerprint density at radius 1 is 1.19 bits per heavy atom. The summed E-state index contributed by atoms with van der Waals surface area (Å²) in [6.45, 7) is 0. The van der Waals surface area contributed by atoms with E-state index < -0.39 is 0 Å². The summed E-state index contributed by atoms with van der Waals surface area (Å²) in [7, 11) is 1.88. The molecule has 0 saturated carbocycles. The lowest BCUT2D eigenvalue weighted by atomic mass is 9.96. The maximum atomic E-state index is 11.5. The zero-order chi connectivity index (χ0) is 15.0. The van der Waals surface area contributed by atoms with Crippen LogP contribution < -0.4 is 10.6 Å². The minimum Gasteiger partial charge on any atom is -0.325 e. The van der Waals surface area contributed by atoms with E-state index in [1.54, 1.807) is 0 Å². The fourth-order valence-corrected chi connectivity index (χ4v) is 3.04. The summed E-state index contributed by atoms with van der Waals surface area (Å²) in [4.78, 5) is 11.5. The highest BCUT2D eigenvalue weighted by molar-refractivity contribution is 6.32. The van der Waals surface area contributed by atoms with E-state index >= 15 is 0 Å². The summed E-state index contributed by atoms with van der Waals surface area (Å²) in [5.41, 5.74) is 3.81. The molecule has 2 N–H and O–H groups in total. The largest absolute Gasteiger partial charge is 0.325 e. The van der Waals surface area contributed by atoms with E-state index in [2.05, 4.69) is 10.6 Å². The second kappa shape index (κ2) is 5.68. The fourth-order valence-electron chi connectivity index (χ4n) is 2.65. The second-order valence-electron chi connectivity index (χ2n) is 5.03. The summed E-state index contributed by atoms with van der Waals surface area (Å²) in [6.07, 6.45) is 0.399. The normalized spacial score (nSPS) is 14.7. The smallest absolute Gasteiger partial charge is 0.228 e. The van der Waals surface area contributed by atoms with Crippen LogP contribution in [0.15, 0.2) is 36.4 Å². The van der Waals surface area contributed by atoms with E-state index in [1.807, 2.05) is 43.4 Å². The molecule has 0 aliphatic carbocycles. The summed E-state index contributed by atoms with van der Waals surface area (Å²) in [5.74, 6) is 0.00529. The van der Waals surface area contributed by atoms with Gasteiger partial charge in [-0.05, 0) is 48.0 Å². The predicted octanol–water partition coefficient (Wildman–Crippen LogP) is 3.80. The molecule has 3 nitrogen and oxygen atoms in total. The molecular formula is C16H14Cl2N2O. The van der Waals surface area contributed by atoms with E-state index in [0.29, 0.717) is 16.5 Å². The minimum absolute atomic E-state index is 0.00529. The van der Waals surface area contributed by atoms with Crippen LogP contribution in [0.5, 0.6) is 0 Å². The van der Waals surface area contributed by atoms with Crippen molar-refractivity contribution in [1.29, 1.82) is 0 Å². The van der Waals surface area contributed by atoms with Gasteiger partial charge in [0, 0.05) is 15.7 Å². The van der Waals surface area contributed by atoms with Gasteiger partial charge in [0.15, 0.2) is 0 Å². The molecule has 108 valence electrons. The average molecular weight is 321 g/mol. The Labute approximate surface area is 133 Å². The maximum Gasteiger partial charge on any atom is 0.228 e. The Morgan fingerprint density at radius 2 is 1.90 bits per heavy atom. The van der Waals surface area contributed by atoms with E-state index in [0.717, 1.165) is 22.4 Å². The molecule has 0 saturated heterocycles. The van der Waals surface area contributed by atoms with E-state index in [9.17, 15) is 4.79 Å². The number of rotatable bonds is 3. The van der Waals surface area contributed by atoms with Gasteiger partial charge >= 0.3 is 0 Å². The van der Waals surface area contributed by atoms with Gasteiger partial charge in [0.1, 0.15) is 0 Å². The van der Waals surface area contributed by atoms with Gasteiger partial charge in [-0.1, -0.05) is 35.3 Å². The molecule has 0 aromatic heterocycles. The first-order valence-corrected chi connectivity index (χ1v) is 7.39. The number of carbonyl (C=O) groups excluding carboxylic acids is 1. The summed E-state index contributed by atoms with van der Waals surface area (Å²) < 4.78 is 0. The van der Waals surface area contributed by atoms with Crippen LogP contribution in [0, 0.1) is 0 Å². The van der Waals surface area contributed by atoms with Crippen LogP contribution >= 0.6 is 23.2 Å². The zero-order valence-corrected chi connectivity index (χ0v) is 12.9. The SMILES string of the molecule is CNC(c1ccc(Cl)cc1)c1cc2c(cc1Cl)NC(=O)C2. The third-order valence-corrected chi connectivity index (χ3v) is 4.23. The number of hydrogen-bond donors (Lipinski definition) is 2. The van der Waals surface area contributed by atoms with Crippen molar-refractivity contribution in [2.75, 3.05) is 12.4 Å². The number of fused-ring (bicyclic) bond motifs is 1. The number of anilines is 1. The van der Waals surface area contributed by atoms with Gasteiger partial charge in [-0.2, -0.15) is 0 Å². The fraction of sp³-hybridized carbons (Fsp3) is 0.188. The van der Waals surface area contributed by atoms with Crippen molar-refractivity contribution in [2.45, 2.75) is 12.5 Å². The van der Waals surface area contributed by atoms with Crippen molar-refractivity contribution < 1.29 is 4.79 Å². The molecular weight excluding hydrogens is 307 g/mol. The maximum absolute atomic E-state index is 11.5. The highest BCUT2D eigenvalue weighted by Gasteiger charge is 2.23. The molecule has 1 aliphatic rings. The number of amides is 1. The van der Waals surface area contributed by atoms with Crippen molar-refractivity contribution >= 4 is 34.8 Å². The molecule has 2 aromatic rings. The van der Waals surface area contributed by atoms with Crippen molar-refractivity contribution in [3.63, 3.8) is 0 Å². The minimum atomic E-state index is -0.0456. The molecule has 1 unspecified atom stereocenters. The second-order valence-corrected chi connectivity index (χ2v) is 5.87. The van der Waals surface area contributed by atoms with Gasteiger partial charge in [-0.3, -0.25) is 4.79 Å². The molecule has 3 rings (SSSR count). The first-order chi connectivity index (χ1) is 10.1. The van der Waals surface area contributed by atoms with Crippen LogP contribution in [0.1, 0.15) is 22.7 Å². The Morgan fingerprint density at radius 3 is 2.57 bits per heavy atom. The molecule has 1 aliphatic heterocycles. The standard InChI is InChI=1S/C16H14Cl2N2O/c1-19-16(9-2-4-11(17)5-3-9)12-6-10-7-15(21)20-14(10)8-13(12)18/h2-6,8,16,19H,7H2,1H3,(H,20,21). The summed E-state index contributed by atoms with van der Waals surface area (Å²) >= 11 is 12.3. The molecule has 0 spiro atoms. The summed E-state index contributed by atoms with van der Waals surface area (Å²) in [6, 6.07) is 11.4. The Hall–Kier alpha value is -1.55. The zero-order valence-electron chi connectivity index (χ0n) is 11.4. The summed E-state index contributed by atoms with van der Waals surface area (Å²) in [5, 5.41) is 7.40. The molecule has 0 fully saturated rings. The van der Waals surface area contributed by atoms with Crippen LogP contribution in [0.3, 0.4) is 0 Å². The predicted molar refractivity (Wildman–Crippen MR) is 86.1 cm³/mol. The van der Waals surface area contributed by atoms with Crippen molar-refractivity contribution in [2.24, 2.45) is 0 Å². The topological polar surface area (TPSA) is 41.1 Å². The van der Waals surface area contributed by atoms with Gasteiger partial charge in [-0.15, -0.1) is 0 Å². The number of carbonyl (C=O) groups is 1. The third kappa shape index (κ3) is 2.77. The lowest BCUT2D eigenvalue weighted by molar-refractivity contribution is -0.115. The van der Waals surface area contributed by atoms with Crippen LogP contribution in [-0.4, -0.2) is 13.0 Å². The highest BCUT2D eigenvalue weighted by Crippen LogP contribution is 2.35. The molecule has 1 atom stereocenters. The van der Waals surface area contributed by atoms with Crippen molar-refractivity contribution in [3.05, 3.63) is 63.1 Å². The lowest BCUT2D eigenvalue weighted by Gasteiger charge is -2.19. The number of hydrogen-bond acceptors (Lipinski definition) is 2. The van der Waals surface area contributed by atoms with Crippen LogP contribution in [0.4, 0.5) is 5.69 Å². The average Bonchev–Trinajstić information content (AvgIpc) is 2.81. The monoisotopic (exact) mass is 320 g/mol. The first kappa shape index (κ1) is 14.4. The molecule has 5 heteroatoms. The Bertz CT molecular complexity index is 698. The molecule has 1 amide bonds. The highest BCUT2D eigenvalue weighted by atomic mass is 35.5. The lowest BCUT2D eigenvalue weighted by Crippen LogP contribution is -2.18. The molecule has 1 heterocycles. The van der Waals surface area contributed by atoms with E-state index in [-0.39, 0.29) is 11.9 Å². The molecule has 21 heavy (non-hydrogen) atoms. The Kier molecular flexibility index (Phi) is 3.89. The van der Waals surface area contributed by atoms with Crippen LogP contribution in [0.25, 0.3) is 0 Å². The molecule has 0 bridgehead atoms. The van der Waals surface area contributed by atoms with Gasteiger partial charge in [0.05, 0.1) is 12.5 Å². The first-order valence-electron chi connectivity index (χ1n) is 6.63. The van der Waals surface area contributed by atoms with Crippen molar-refractivity contribution in [1.82, 2.24) is 5.32 Å². The number of benzene rings is 2. The molecule has 2 aromatic carbocycles. The van der Waals surface area contributed by atoms with Crippen molar-refractivity contribution in [3.8, 4) is 0 Å². The number of nitrogens with one attached hydrogen (secondary N) is 2. The third-order valence-electron chi connectivity index (χ3n) is 3.65. The van der Waals surface area contributed by atoms with E-state index in [1.165, 1.54) is 0 Å². The van der Waals surface area contributed by atoms with Gasteiger partial charge < -0.3 is 10.6 Å². The van der Waals surface area contributed by atoms with Crippen LogP contribution in [0.2, 0.25) is 10.0 Å². The Balaban J connectivity index is 2.03. The van der Waals surface area contributed by atoms with Gasteiger partial charge in [-0.25, -0.2) is 0 Å². The van der Waals surface area contributed by atoms with Crippen LogP contribution in [-0.2, 0) is 11.2 Å². The molecule has 0 radical (unpaired) electrons. The van der Waals surface area contributed by atoms with E-state index in [4.69, 9.17) is 23.2 Å². The number of halogens is 2. The van der Waals surface area contributed by atoms with Gasteiger partial charge in [0.25, 0.3) is 0 Å². The quantitative estimate of drug-likeness (QED) is 0.903. The van der Waals surface area contributed by atoms with Gasteiger partial charge in [0.2, 0.25) is 5.91 Å².